The van der Waals surface area contributed by atoms with E-state index in [0.717, 1.165) is 24.3 Å². The first-order chi connectivity index (χ1) is 8.22. The topological polar surface area (TPSA) is 46.2 Å². The van der Waals surface area contributed by atoms with Crippen molar-refractivity contribution >= 4 is 24.0 Å². The van der Waals surface area contributed by atoms with Crippen molar-refractivity contribution in [3.63, 3.8) is 0 Å². The smallest absolute Gasteiger partial charge is 0.0574 e. The van der Waals surface area contributed by atoms with Crippen LogP contribution in [0.3, 0.4) is 0 Å². The number of nitrogens with two attached hydrogens (primary N) is 1. The Kier molecular flexibility index (Phi) is 6.44. The largest absolute Gasteiger partial charge is 0.393 e. The highest BCUT2D eigenvalue weighted by molar-refractivity contribution is 6.30. The number of aliphatic hydroxyl groups is 1. The molecule has 0 unspecified atom stereocenters. The summed E-state index contributed by atoms with van der Waals surface area (Å²) in [5, 5.41) is 10.8. The molecule has 4 heteroatoms. The second kappa shape index (κ2) is 7.34. The van der Waals surface area contributed by atoms with Crippen molar-refractivity contribution in [2.24, 2.45) is 11.7 Å². The highest BCUT2D eigenvalue weighted by Gasteiger charge is 2.30. The monoisotopic (exact) mass is 289 g/mol. The Morgan fingerprint density at radius 3 is 2.39 bits per heavy atom. The van der Waals surface area contributed by atoms with Gasteiger partial charge >= 0.3 is 0 Å². The Hall–Kier alpha value is -0.280. The lowest BCUT2D eigenvalue weighted by atomic mass is 9.75. The SMILES string of the molecule is Cl.NC[C@@H](c1ccc(Cl)cc1)[C@@H]1CCCC[C@@H]1O. The van der Waals surface area contributed by atoms with Crippen LogP contribution in [0.25, 0.3) is 0 Å². The first kappa shape index (κ1) is 15.8. The van der Waals surface area contributed by atoms with Gasteiger partial charge in [0, 0.05) is 10.9 Å². The fourth-order valence-electron chi connectivity index (χ4n) is 2.88. The fourth-order valence-corrected chi connectivity index (χ4v) is 3.00. The van der Waals surface area contributed by atoms with Gasteiger partial charge in [0.15, 0.2) is 0 Å². The van der Waals surface area contributed by atoms with Crippen molar-refractivity contribution in [2.45, 2.75) is 37.7 Å². The summed E-state index contributed by atoms with van der Waals surface area (Å²) in [6.07, 6.45) is 4.12. The summed E-state index contributed by atoms with van der Waals surface area (Å²) in [6, 6.07) is 7.85. The fraction of sp³-hybridized carbons (Fsp3) is 0.571. The van der Waals surface area contributed by atoms with E-state index in [-0.39, 0.29) is 24.4 Å². The summed E-state index contributed by atoms with van der Waals surface area (Å²) in [4.78, 5) is 0. The first-order valence-electron chi connectivity index (χ1n) is 6.36. The molecular formula is C14H21Cl2NO. The second-order valence-electron chi connectivity index (χ2n) is 4.91. The Morgan fingerprint density at radius 2 is 1.83 bits per heavy atom. The van der Waals surface area contributed by atoms with E-state index >= 15 is 0 Å². The molecule has 0 bridgehead atoms. The third-order valence-corrected chi connectivity index (χ3v) is 4.10. The van der Waals surface area contributed by atoms with E-state index in [1.54, 1.807) is 0 Å². The lowest BCUT2D eigenvalue weighted by Gasteiger charge is -2.34. The van der Waals surface area contributed by atoms with Gasteiger partial charge in [0.25, 0.3) is 0 Å². The third-order valence-electron chi connectivity index (χ3n) is 3.85. The van der Waals surface area contributed by atoms with Crippen LogP contribution >= 0.6 is 24.0 Å². The minimum Gasteiger partial charge on any atom is -0.393 e. The molecule has 2 rings (SSSR count). The van der Waals surface area contributed by atoms with Gasteiger partial charge in [-0.1, -0.05) is 36.6 Å². The van der Waals surface area contributed by atoms with Gasteiger partial charge in [-0.25, -0.2) is 0 Å². The maximum atomic E-state index is 10.1. The van der Waals surface area contributed by atoms with Crippen LogP contribution < -0.4 is 5.73 Å². The van der Waals surface area contributed by atoms with Crippen LogP contribution in [0.2, 0.25) is 5.02 Å². The summed E-state index contributed by atoms with van der Waals surface area (Å²) >= 11 is 5.89. The minimum absolute atomic E-state index is 0. The molecule has 18 heavy (non-hydrogen) atoms. The van der Waals surface area contributed by atoms with E-state index in [4.69, 9.17) is 17.3 Å². The van der Waals surface area contributed by atoms with Gasteiger partial charge in [-0.05, 0) is 43.0 Å². The zero-order valence-corrected chi connectivity index (χ0v) is 12.0. The van der Waals surface area contributed by atoms with Crippen molar-refractivity contribution in [2.75, 3.05) is 6.54 Å². The van der Waals surface area contributed by atoms with E-state index < -0.39 is 0 Å². The second-order valence-corrected chi connectivity index (χ2v) is 5.35. The normalized spacial score (nSPS) is 25.3. The number of rotatable bonds is 3. The number of benzene rings is 1. The Morgan fingerprint density at radius 1 is 1.22 bits per heavy atom. The Bertz CT molecular complexity index is 355. The van der Waals surface area contributed by atoms with E-state index in [9.17, 15) is 5.11 Å². The van der Waals surface area contributed by atoms with Gasteiger partial charge in [0.05, 0.1) is 6.10 Å². The lowest BCUT2D eigenvalue weighted by molar-refractivity contribution is 0.0561. The van der Waals surface area contributed by atoms with Crippen LogP contribution in [0.15, 0.2) is 24.3 Å². The molecule has 1 aliphatic rings. The van der Waals surface area contributed by atoms with Gasteiger partial charge in [0.1, 0.15) is 0 Å². The quantitative estimate of drug-likeness (QED) is 0.896. The van der Waals surface area contributed by atoms with Gasteiger partial charge in [-0.2, -0.15) is 0 Å². The van der Waals surface area contributed by atoms with Gasteiger partial charge < -0.3 is 10.8 Å². The van der Waals surface area contributed by atoms with Crippen molar-refractivity contribution in [1.29, 1.82) is 0 Å². The molecule has 1 aromatic carbocycles. The number of aliphatic hydroxyl groups excluding tert-OH is 1. The Labute approximate surface area is 120 Å². The molecule has 1 aliphatic carbocycles. The predicted octanol–water partition coefficient (Wildman–Crippen LogP) is 3.36. The molecule has 1 aromatic rings. The highest BCUT2D eigenvalue weighted by Crippen LogP contribution is 2.36. The summed E-state index contributed by atoms with van der Waals surface area (Å²) in [7, 11) is 0. The van der Waals surface area contributed by atoms with E-state index in [0.29, 0.717) is 12.5 Å². The van der Waals surface area contributed by atoms with Gasteiger partial charge in [-0.15, -0.1) is 12.4 Å². The van der Waals surface area contributed by atoms with Crippen LogP contribution in [0.1, 0.15) is 37.2 Å². The average molecular weight is 290 g/mol. The number of halogens is 2. The minimum atomic E-state index is -0.201. The number of hydrogen-bond acceptors (Lipinski definition) is 2. The van der Waals surface area contributed by atoms with E-state index in [2.05, 4.69) is 0 Å². The zero-order valence-electron chi connectivity index (χ0n) is 10.4. The summed E-state index contributed by atoms with van der Waals surface area (Å²) in [5.74, 6) is 0.553. The van der Waals surface area contributed by atoms with Crippen molar-refractivity contribution < 1.29 is 5.11 Å². The Balaban J connectivity index is 0.00000162. The summed E-state index contributed by atoms with van der Waals surface area (Å²) < 4.78 is 0. The predicted molar refractivity (Wildman–Crippen MR) is 78.5 cm³/mol. The molecular weight excluding hydrogens is 269 g/mol. The zero-order chi connectivity index (χ0) is 12.3. The van der Waals surface area contributed by atoms with Gasteiger partial charge in [-0.3, -0.25) is 0 Å². The van der Waals surface area contributed by atoms with Crippen LogP contribution in [0.5, 0.6) is 0 Å². The molecule has 0 aliphatic heterocycles. The summed E-state index contributed by atoms with van der Waals surface area (Å²) in [5.41, 5.74) is 7.09. The van der Waals surface area contributed by atoms with Gasteiger partial charge in [0.2, 0.25) is 0 Å². The van der Waals surface area contributed by atoms with Crippen LogP contribution in [-0.2, 0) is 0 Å². The first-order valence-corrected chi connectivity index (χ1v) is 6.73. The molecule has 0 spiro atoms. The highest BCUT2D eigenvalue weighted by atomic mass is 35.5. The van der Waals surface area contributed by atoms with Crippen LogP contribution in [0.4, 0.5) is 0 Å². The maximum Gasteiger partial charge on any atom is 0.0574 e. The number of hydrogen-bond donors (Lipinski definition) is 2. The third kappa shape index (κ3) is 3.61. The van der Waals surface area contributed by atoms with E-state index in [1.165, 1.54) is 12.0 Å². The molecule has 0 radical (unpaired) electrons. The van der Waals surface area contributed by atoms with Crippen molar-refractivity contribution in [3.05, 3.63) is 34.9 Å². The molecule has 1 saturated carbocycles. The molecule has 3 atom stereocenters. The molecule has 0 saturated heterocycles. The standard InChI is InChI=1S/C14H20ClNO.ClH/c15-11-7-5-10(6-8-11)13(9-16)12-3-1-2-4-14(12)17;/h5-8,12-14,17H,1-4,9,16H2;1H/t12-,13-,14-;/m0./s1. The van der Waals surface area contributed by atoms with E-state index in [1.807, 2.05) is 24.3 Å². The van der Waals surface area contributed by atoms with Crippen LogP contribution in [-0.4, -0.2) is 17.8 Å². The lowest BCUT2D eigenvalue weighted by Crippen LogP contribution is -2.33. The summed E-state index contributed by atoms with van der Waals surface area (Å²) in [6.45, 7) is 0.587. The molecule has 1 fully saturated rings. The molecule has 102 valence electrons. The van der Waals surface area contributed by atoms with Crippen molar-refractivity contribution in [1.82, 2.24) is 0 Å². The average Bonchev–Trinajstić information content (AvgIpc) is 2.35. The molecule has 0 amide bonds. The molecule has 3 N–H and O–H groups in total. The molecule has 0 aromatic heterocycles. The maximum absolute atomic E-state index is 10.1. The van der Waals surface area contributed by atoms with Crippen LogP contribution in [0, 0.1) is 5.92 Å². The molecule has 0 heterocycles. The van der Waals surface area contributed by atoms with Crippen molar-refractivity contribution in [3.8, 4) is 0 Å². The molecule has 2 nitrogen and oxygen atoms in total.